The van der Waals surface area contributed by atoms with E-state index in [-0.39, 0.29) is 18.3 Å². The highest BCUT2D eigenvalue weighted by Crippen LogP contribution is 2.28. The third kappa shape index (κ3) is 3.44. The molecule has 0 fully saturated rings. The summed E-state index contributed by atoms with van der Waals surface area (Å²) < 4.78 is 11.3. The highest BCUT2D eigenvalue weighted by Gasteiger charge is 2.19. The van der Waals surface area contributed by atoms with Crippen LogP contribution in [0.4, 0.5) is 5.69 Å². The zero-order chi connectivity index (χ0) is 18.0. The van der Waals surface area contributed by atoms with E-state index in [4.69, 9.17) is 9.15 Å². The van der Waals surface area contributed by atoms with Crippen LogP contribution in [0.5, 0.6) is 0 Å². The van der Waals surface area contributed by atoms with E-state index in [9.17, 15) is 9.59 Å². The Bertz CT molecular complexity index is 961. The Kier molecular flexibility index (Phi) is 4.90. The van der Waals surface area contributed by atoms with Gasteiger partial charge in [-0.25, -0.2) is 4.79 Å². The van der Waals surface area contributed by atoms with Gasteiger partial charge in [0.2, 0.25) is 5.76 Å². The molecule has 1 amide bonds. The predicted octanol–water partition coefficient (Wildman–Crippen LogP) is 4.93. The molecule has 2 aromatic carbocycles. The lowest BCUT2D eigenvalue weighted by molar-refractivity contribution is 0.0491. The Labute approximate surface area is 153 Å². The molecule has 0 bridgehead atoms. The summed E-state index contributed by atoms with van der Waals surface area (Å²) >= 11 is 3.36. The summed E-state index contributed by atoms with van der Waals surface area (Å²) in [7, 11) is 0. The van der Waals surface area contributed by atoms with Crippen molar-refractivity contribution >= 4 is 44.5 Å². The SMILES string of the molecule is CCOC(=O)c1oc2cc(NC(=O)c3ccccc3Br)ccc2c1C. The van der Waals surface area contributed by atoms with Crippen LogP contribution in [0.15, 0.2) is 51.4 Å². The summed E-state index contributed by atoms with van der Waals surface area (Å²) in [6, 6.07) is 12.5. The number of halogens is 1. The number of furan rings is 1. The molecule has 0 unspecified atom stereocenters. The average molecular weight is 402 g/mol. The molecule has 1 heterocycles. The molecule has 0 aliphatic rings. The molecular weight excluding hydrogens is 386 g/mol. The molecule has 0 saturated carbocycles. The quantitative estimate of drug-likeness (QED) is 0.629. The second kappa shape index (κ2) is 7.11. The molecule has 1 N–H and O–H groups in total. The molecule has 6 heteroatoms. The second-order valence-electron chi connectivity index (χ2n) is 5.42. The molecule has 0 atom stereocenters. The van der Waals surface area contributed by atoms with Gasteiger partial charge in [-0.15, -0.1) is 0 Å². The zero-order valence-electron chi connectivity index (χ0n) is 13.8. The maximum atomic E-state index is 12.4. The fourth-order valence-corrected chi connectivity index (χ4v) is 3.00. The van der Waals surface area contributed by atoms with Crippen LogP contribution in [0.2, 0.25) is 0 Å². The van der Waals surface area contributed by atoms with Crippen molar-refractivity contribution in [1.29, 1.82) is 0 Å². The predicted molar refractivity (Wildman–Crippen MR) is 99.0 cm³/mol. The monoisotopic (exact) mass is 401 g/mol. The van der Waals surface area contributed by atoms with Gasteiger partial charge in [-0.2, -0.15) is 0 Å². The Balaban J connectivity index is 1.90. The lowest BCUT2D eigenvalue weighted by Crippen LogP contribution is -2.12. The molecule has 5 nitrogen and oxygen atoms in total. The van der Waals surface area contributed by atoms with Crippen molar-refractivity contribution in [2.45, 2.75) is 13.8 Å². The summed E-state index contributed by atoms with van der Waals surface area (Å²) in [5, 5.41) is 3.64. The Morgan fingerprint density at radius 1 is 1.20 bits per heavy atom. The number of anilines is 1. The Hall–Kier alpha value is -2.60. The lowest BCUT2D eigenvalue weighted by atomic mass is 10.1. The molecule has 25 heavy (non-hydrogen) atoms. The van der Waals surface area contributed by atoms with E-state index < -0.39 is 5.97 Å². The van der Waals surface area contributed by atoms with Gasteiger partial charge in [0.25, 0.3) is 5.91 Å². The highest BCUT2D eigenvalue weighted by molar-refractivity contribution is 9.10. The first-order valence-corrected chi connectivity index (χ1v) is 8.56. The summed E-state index contributed by atoms with van der Waals surface area (Å²) in [6.45, 7) is 3.82. The van der Waals surface area contributed by atoms with Crippen LogP contribution in [-0.4, -0.2) is 18.5 Å². The van der Waals surface area contributed by atoms with Gasteiger partial charge in [0, 0.05) is 27.2 Å². The van der Waals surface area contributed by atoms with Crippen LogP contribution < -0.4 is 5.32 Å². The van der Waals surface area contributed by atoms with Crippen molar-refractivity contribution < 1.29 is 18.7 Å². The normalized spacial score (nSPS) is 10.7. The second-order valence-corrected chi connectivity index (χ2v) is 6.28. The number of hydrogen-bond acceptors (Lipinski definition) is 4. The van der Waals surface area contributed by atoms with Crippen LogP contribution in [0.1, 0.15) is 33.4 Å². The first kappa shape index (κ1) is 17.2. The number of aryl methyl sites for hydroxylation is 1. The largest absolute Gasteiger partial charge is 0.460 e. The first-order valence-electron chi connectivity index (χ1n) is 7.77. The van der Waals surface area contributed by atoms with E-state index in [1.54, 1.807) is 44.2 Å². The topological polar surface area (TPSA) is 68.5 Å². The average Bonchev–Trinajstić information content (AvgIpc) is 2.92. The molecule has 0 aliphatic heterocycles. The lowest BCUT2D eigenvalue weighted by Gasteiger charge is -2.06. The van der Waals surface area contributed by atoms with Gasteiger partial charge in [-0.05, 0) is 54.0 Å². The van der Waals surface area contributed by atoms with Crippen molar-refractivity contribution in [2.24, 2.45) is 0 Å². The van der Waals surface area contributed by atoms with Crippen LogP contribution in [0.25, 0.3) is 11.0 Å². The van der Waals surface area contributed by atoms with Gasteiger partial charge < -0.3 is 14.5 Å². The summed E-state index contributed by atoms with van der Waals surface area (Å²) in [5.41, 5.74) is 2.35. The van der Waals surface area contributed by atoms with Gasteiger partial charge in [0.15, 0.2) is 0 Å². The van der Waals surface area contributed by atoms with Gasteiger partial charge in [-0.1, -0.05) is 12.1 Å². The van der Waals surface area contributed by atoms with Crippen LogP contribution >= 0.6 is 15.9 Å². The first-order chi connectivity index (χ1) is 12.0. The molecule has 1 aromatic heterocycles. The zero-order valence-corrected chi connectivity index (χ0v) is 15.3. The molecule has 0 saturated heterocycles. The van der Waals surface area contributed by atoms with Gasteiger partial charge in [-0.3, -0.25) is 4.79 Å². The van der Waals surface area contributed by atoms with Crippen molar-refractivity contribution in [2.75, 3.05) is 11.9 Å². The van der Waals surface area contributed by atoms with Gasteiger partial charge in [0.1, 0.15) is 5.58 Å². The van der Waals surface area contributed by atoms with Gasteiger partial charge in [0.05, 0.1) is 12.2 Å². The minimum Gasteiger partial charge on any atom is -0.460 e. The van der Waals surface area contributed by atoms with Crippen LogP contribution in [0, 0.1) is 6.92 Å². The van der Waals surface area contributed by atoms with Crippen LogP contribution in [0.3, 0.4) is 0 Å². The molecule has 128 valence electrons. The maximum Gasteiger partial charge on any atom is 0.374 e. The number of amides is 1. The van der Waals surface area contributed by atoms with Crippen molar-refractivity contribution in [3.8, 4) is 0 Å². The van der Waals surface area contributed by atoms with E-state index in [1.807, 2.05) is 12.1 Å². The number of benzene rings is 2. The number of ether oxygens (including phenoxy) is 1. The summed E-state index contributed by atoms with van der Waals surface area (Å²) in [6.07, 6.45) is 0. The summed E-state index contributed by atoms with van der Waals surface area (Å²) in [4.78, 5) is 24.3. The number of carbonyl (C=O) groups excluding carboxylic acids is 2. The Morgan fingerprint density at radius 2 is 1.96 bits per heavy atom. The van der Waals surface area contributed by atoms with E-state index in [0.29, 0.717) is 21.3 Å². The fraction of sp³-hybridized carbons (Fsp3) is 0.158. The van der Waals surface area contributed by atoms with Crippen molar-refractivity contribution in [1.82, 2.24) is 0 Å². The molecule has 0 spiro atoms. The number of nitrogens with one attached hydrogen (secondary N) is 1. The molecule has 3 rings (SSSR count). The molecule has 0 aliphatic carbocycles. The number of carbonyl (C=O) groups is 2. The van der Waals surface area contributed by atoms with Gasteiger partial charge >= 0.3 is 5.97 Å². The smallest absolute Gasteiger partial charge is 0.374 e. The van der Waals surface area contributed by atoms with E-state index >= 15 is 0 Å². The third-order valence-electron chi connectivity index (χ3n) is 3.78. The van der Waals surface area contributed by atoms with Crippen molar-refractivity contribution in [3.05, 3.63) is 63.8 Å². The molecular formula is C19H16BrNO4. The van der Waals surface area contributed by atoms with E-state index in [2.05, 4.69) is 21.2 Å². The number of esters is 1. The third-order valence-corrected chi connectivity index (χ3v) is 4.47. The van der Waals surface area contributed by atoms with E-state index in [0.717, 1.165) is 10.9 Å². The maximum absolute atomic E-state index is 12.4. The standard InChI is InChI=1S/C19H16BrNO4/c1-3-24-19(23)17-11(2)13-9-8-12(10-16(13)25-17)21-18(22)14-6-4-5-7-15(14)20/h4-10H,3H2,1-2H3,(H,21,22). The fourth-order valence-electron chi connectivity index (χ4n) is 2.54. The number of rotatable bonds is 4. The minimum atomic E-state index is -0.491. The summed E-state index contributed by atoms with van der Waals surface area (Å²) in [5.74, 6) is -0.540. The molecule has 3 aromatic rings. The highest BCUT2D eigenvalue weighted by atomic mass is 79.9. The van der Waals surface area contributed by atoms with Crippen molar-refractivity contribution in [3.63, 3.8) is 0 Å². The molecule has 0 radical (unpaired) electrons. The Morgan fingerprint density at radius 3 is 2.68 bits per heavy atom. The van der Waals surface area contributed by atoms with Crippen LogP contribution in [-0.2, 0) is 4.74 Å². The minimum absolute atomic E-state index is 0.186. The number of fused-ring (bicyclic) bond motifs is 1. The number of hydrogen-bond donors (Lipinski definition) is 1. The van der Waals surface area contributed by atoms with E-state index in [1.165, 1.54) is 0 Å².